The molecule has 1 N–H and O–H groups in total. The SMILES string of the molecule is CCn1nc(CCC(=O)Nc2nc3c(s2)CC(C)CC3)c2ccccc2c1=O. The number of hydrogen-bond donors (Lipinski definition) is 1. The Labute approximate surface area is 167 Å². The molecule has 1 aliphatic rings. The molecule has 0 fully saturated rings. The van der Waals surface area contributed by atoms with Crippen LogP contribution in [0.3, 0.4) is 0 Å². The van der Waals surface area contributed by atoms with Crippen LogP contribution < -0.4 is 10.9 Å². The molecule has 1 unspecified atom stereocenters. The quantitative estimate of drug-likeness (QED) is 0.715. The number of aromatic nitrogens is 3. The van der Waals surface area contributed by atoms with Crippen molar-refractivity contribution in [1.82, 2.24) is 14.8 Å². The molecule has 0 saturated carbocycles. The summed E-state index contributed by atoms with van der Waals surface area (Å²) >= 11 is 1.60. The summed E-state index contributed by atoms with van der Waals surface area (Å²) in [5, 5.41) is 9.58. The molecule has 146 valence electrons. The van der Waals surface area contributed by atoms with Gasteiger partial charge in [0.2, 0.25) is 5.91 Å². The third-order valence-electron chi connectivity index (χ3n) is 5.27. The molecule has 0 bridgehead atoms. The summed E-state index contributed by atoms with van der Waals surface area (Å²) < 4.78 is 1.46. The van der Waals surface area contributed by atoms with Crippen LogP contribution in [0.15, 0.2) is 29.1 Å². The van der Waals surface area contributed by atoms with Crippen molar-refractivity contribution in [2.24, 2.45) is 5.92 Å². The predicted octanol–water partition coefficient (Wildman–Crippen LogP) is 3.57. The topological polar surface area (TPSA) is 76.9 Å². The van der Waals surface area contributed by atoms with E-state index < -0.39 is 0 Å². The Balaban J connectivity index is 1.48. The van der Waals surface area contributed by atoms with Crippen molar-refractivity contribution >= 4 is 33.1 Å². The van der Waals surface area contributed by atoms with Gasteiger partial charge in [-0.2, -0.15) is 5.10 Å². The van der Waals surface area contributed by atoms with Gasteiger partial charge in [0, 0.05) is 29.6 Å². The van der Waals surface area contributed by atoms with Gasteiger partial charge < -0.3 is 5.32 Å². The summed E-state index contributed by atoms with van der Waals surface area (Å²) in [6.45, 7) is 4.66. The molecular weight excluding hydrogens is 372 g/mol. The first-order valence-electron chi connectivity index (χ1n) is 9.82. The molecule has 1 aliphatic carbocycles. The second-order valence-electron chi connectivity index (χ2n) is 7.40. The Morgan fingerprint density at radius 1 is 1.32 bits per heavy atom. The molecule has 1 amide bonds. The van der Waals surface area contributed by atoms with E-state index in [4.69, 9.17) is 0 Å². The third-order valence-corrected chi connectivity index (χ3v) is 6.30. The van der Waals surface area contributed by atoms with Gasteiger partial charge in [0.1, 0.15) is 0 Å². The lowest BCUT2D eigenvalue weighted by Gasteiger charge is -2.15. The number of amides is 1. The first-order chi connectivity index (χ1) is 13.5. The standard InChI is InChI=1S/C21H24N4O2S/c1-3-25-20(27)15-7-5-4-6-14(15)16(24-25)10-11-19(26)23-21-22-17-9-8-13(2)12-18(17)28-21/h4-7,13H,3,8-12H2,1-2H3,(H,22,23,26). The van der Waals surface area contributed by atoms with E-state index in [1.807, 2.05) is 31.2 Å². The summed E-state index contributed by atoms with van der Waals surface area (Å²) in [4.78, 5) is 30.8. The average Bonchev–Trinajstić information content (AvgIpc) is 3.08. The molecule has 0 saturated heterocycles. The third kappa shape index (κ3) is 3.71. The van der Waals surface area contributed by atoms with Crippen LogP contribution in [0.5, 0.6) is 0 Å². The van der Waals surface area contributed by atoms with Crippen LogP contribution >= 0.6 is 11.3 Å². The normalized spacial score (nSPS) is 16.1. The van der Waals surface area contributed by atoms with E-state index in [0.717, 1.165) is 36.0 Å². The second-order valence-corrected chi connectivity index (χ2v) is 8.48. The Hall–Kier alpha value is -2.54. The van der Waals surface area contributed by atoms with Crippen molar-refractivity contribution in [3.05, 3.63) is 50.9 Å². The van der Waals surface area contributed by atoms with Crippen molar-refractivity contribution in [3.63, 3.8) is 0 Å². The number of thiazole rings is 1. The minimum atomic E-state index is -0.0890. The Morgan fingerprint density at radius 2 is 2.11 bits per heavy atom. The van der Waals surface area contributed by atoms with Gasteiger partial charge in [-0.05, 0) is 38.2 Å². The van der Waals surface area contributed by atoms with Gasteiger partial charge >= 0.3 is 0 Å². The number of benzene rings is 1. The molecule has 0 aliphatic heterocycles. The first kappa shape index (κ1) is 18.8. The number of anilines is 1. The zero-order chi connectivity index (χ0) is 19.7. The van der Waals surface area contributed by atoms with Crippen molar-refractivity contribution in [1.29, 1.82) is 0 Å². The number of nitrogens with one attached hydrogen (secondary N) is 1. The molecule has 6 nitrogen and oxygen atoms in total. The number of carbonyl (C=O) groups excluding carboxylic acids is 1. The lowest BCUT2D eigenvalue weighted by atomic mass is 9.93. The smallest absolute Gasteiger partial charge is 0.274 e. The minimum Gasteiger partial charge on any atom is -0.302 e. The zero-order valence-corrected chi connectivity index (χ0v) is 17.0. The number of nitrogens with zero attached hydrogens (tertiary/aromatic N) is 3. The fraction of sp³-hybridized carbons (Fsp3) is 0.429. The number of carbonyl (C=O) groups is 1. The maximum atomic E-state index is 12.5. The molecule has 2 aromatic heterocycles. The Morgan fingerprint density at radius 3 is 2.89 bits per heavy atom. The molecule has 2 heterocycles. The van der Waals surface area contributed by atoms with Crippen LogP contribution in [-0.4, -0.2) is 20.7 Å². The minimum absolute atomic E-state index is 0.0701. The van der Waals surface area contributed by atoms with Crippen LogP contribution in [0.1, 0.15) is 43.0 Å². The van der Waals surface area contributed by atoms with E-state index >= 15 is 0 Å². The monoisotopic (exact) mass is 396 g/mol. The molecule has 1 atom stereocenters. The number of fused-ring (bicyclic) bond motifs is 2. The van der Waals surface area contributed by atoms with Gasteiger partial charge in [-0.15, -0.1) is 11.3 Å². The molecule has 0 spiro atoms. The van der Waals surface area contributed by atoms with Gasteiger partial charge in [0.15, 0.2) is 5.13 Å². The zero-order valence-electron chi connectivity index (χ0n) is 16.2. The van der Waals surface area contributed by atoms with E-state index in [1.165, 1.54) is 9.56 Å². The summed E-state index contributed by atoms with van der Waals surface area (Å²) in [5.41, 5.74) is 1.83. The van der Waals surface area contributed by atoms with Crippen LogP contribution in [0.4, 0.5) is 5.13 Å². The van der Waals surface area contributed by atoms with E-state index in [0.29, 0.717) is 35.8 Å². The van der Waals surface area contributed by atoms with Crippen molar-refractivity contribution in [2.75, 3.05) is 5.32 Å². The first-order valence-corrected chi connectivity index (χ1v) is 10.6. The summed E-state index contributed by atoms with van der Waals surface area (Å²) in [6, 6.07) is 7.46. The van der Waals surface area contributed by atoms with Gasteiger partial charge in [-0.1, -0.05) is 25.1 Å². The molecule has 28 heavy (non-hydrogen) atoms. The van der Waals surface area contributed by atoms with E-state index in [2.05, 4.69) is 22.3 Å². The molecule has 7 heteroatoms. The molecule has 0 radical (unpaired) electrons. The highest BCUT2D eigenvalue weighted by molar-refractivity contribution is 7.15. The van der Waals surface area contributed by atoms with Gasteiger partial charge in [-0.3, -0.25) is 9.59 Å². The highest BCUT2D eigenvalue weighted by Crippen LogP contribution is 2.32. The van der Waals surface area contributed by atoms with Crippen molar-refractivity contribution in [2.45, 2.75) is 52.5 Å². The summed E-state index contributed by atoms with van der Waals surface area (Å²) in [5.74, 6) is 0.615. The maximum Gasteiger partial charge on any atom is 0.274 e. The largest absolute Gasteiger partial charge is 0.302 e. The molecule has 4 rings (SSSR count). The van der Waals surface area contributed by atoms with Crippen molar-refractivity contribution < 1.29 is 4.79 Å². The fourth-order valence-corrected chi connectivity index (χ4v) is 4.90. The number of hydrogen-bond acceptors (Lipinski definition) is 5. The number of aryl methyl sites for hydroxylation is 3. The molecular formula is C21H24N4O2S. The lowest BCUT2D eigenvalue weighted by molar-refractivity contribution is -0.116. The summed E-state index contributed by atoms with van der Waals surface area (Å²) in [7, 11) is 0. The van der Waals surface area contributed by atoms with Crippen LogP contribution in [0.25, 0.3) is 10.8 Å². The van der Waals surface area contributed by atoms with Crippen LogP contribution in [0.2, 0.25) is 0 Å². The highest BCUT2D eigenvalue weighted by atomic mass is 32.1. The predicted molar refractivity (Wildman–Crippen MR) is 112 cm³/mol. The fourth-order valence-electron chi connectivity index (χ4n) is 3.71. The van der Waals surface area contributed by atoms with Crippen LogP contribution in [0, 0.1) is 5.92 Å². The Bertz CT molecular complexity index is 1090. The lowest BCUT2D eigenvalue weighted by Crippen LogP contribution is -2.24. The Kier molecular flexibility index (Phi) is 5.26. The van der Waals surface area contributed by atoms with Crippen LogP contribution in [-0.2, 0) is 30.6 Å². The average molecular weight is 397 g/mol. The number of rotatable bonds is 5. The molecule has 1 aromatic carbocycles. The van der Waals surface area contributed by atoms with E-state index in [1.54, 1.807) is 11.3 Å². The van der Waals surface area contributed by atoms with Gasteiger partial charge in [0.05, 0.1) is 16.8 Å². The highest BCUT2D eigenvalue weighted by Gasteiger charge is 2.20. The second kappa shape index (κ2) is 7.83. The van der Waals surface area contributed by atoms with Gasteiger partial charge in [0.25, 0.3) is 5.56 Å². The van der Waals surface area contributed by atoms with E-state index in [-0.39, 0.29) is 11.5 Å². The molecule has 3 aromatic rings. The van der Waals surface area contributed by atoms with E-state index in [9.17, 15) is 9.59 Å². The van der Waals surface area contributed by atoms with Crippen molar-refractivity contribution in [3.8, 4) is 0 Å². The van der Waals surface area contributed by atoms with Gasteiger partial charge in [-0.25, -0.2) is 9.67 Å². The maximum absolute atomic E-state index is 12.5. The summed E-state index contributed by atoms with van der Waals surface area (Å²) in [6.07, 6.45) is 4.00.